The fourth-order valence-corrected chi connectivity index (χ4v) is 2.38. The molecule has 2 rings (SSSR count). The maximum absolute atomic E-state index is 11.3. The zero-order valence-corrected chi connectivity index (χ0v) is 12.6. The predicted molar refractivity (Wildman–Crippen MR) is 74.7 cm³/mol. The van der Waals surface area contributed by atoms with Gasteiger partial charge in [0.1, 0.15) is 5.82 Å². The lowest BCUT2D eigenvalue weighted by Gasteiger charge is -2.08. The number of sulfonamides is 1. The van der Waals surface area contributed by atoms with Gasteiger partial charge in [0.05, 0.1) is 12.2 Å². The van der Waals surface area contributed by atoms with Crippen molar-refractivity contribution in [3.63, 3.8) is 0 Å². The Morgan fingerprint density at radius 3 is 2.70 bits per heavy atom. The molecule has 1 atom stereocenters. The quantitative estimate of drug-likeness (QED) is 0.892. The number of nitrogens with two attached hydrogens (primary N) is 1. The van der Waals surface area contributed by atoms with Gasteiger partial charge in [0.15, 0.2) is 5.03 Å². The number of aryl methyl sites for hydroxylation is 1. The summed E-state index contributed by atoms with van der Waals surface area (Å²) in [4.78, 5) is 3.95. The second-order valence-electron chi connectivity index (χ2n) is 4.84. The number of aromatic nitrogens is 4. The Kier molecular flexibility index (Phi) is 3.96. The van der Waals surface area contributed by atoms with Gasteiger partial charge in [-0.05, 0) is 26.3 Å². The van der Waals surface area contributed by atoms with Crippen LogP contribution < -0.4 is 5.14 Å². The van der Waals surface area contributed by atoms with Crippen molar-refractivity contribution in [2.75, 3.05) is 0 Å². The molecule has 0 fully saturated rings. The van der Waals surface area contributed by atoms with Crippen LogP contribution in [0.1, 0.15) is 37.8 Å². The van der Waals surface area contributed by atoms with Crippen LogP contribution in [0, 0.1) is 6.92 Å². The van der Waals surface area contributed by atoms with Crippen LogP contribution in [0.25, 0.3) is 0 Å². The van der Waals surface area contributed by atoms with Crippen molar-refractivity contribution in [3.05, 3.63) is 30.0 Å². The number of primary sulfonamides is 1. The monoisotopic (exact) mass is 297 g/mol. The van der Waals surface area contributed by atoms with Crippen LogP contribution in [-0.2, 0) is 16.6 Å². The highest BCUT2D eigenvalue weighted by Crippen LogP contribution is 2.12. The zero-order valence-electron chi connectivity index (χ0n) is 11.8. The summed E-state index contributed by atoms with van der Waals surface area (Å²) in [6.45, 7) is 6.40. The van der Waals surface area contributed by atoms with Gasteiger partial charge in [0.2, 0.25) is 0 Å². The summed E-state index contributed by atoms with van der Waals surface area (Å²) in [5.41, 5.74) is 0.853. The summed E-state index contributed by atoms with van der Waals surface area (Å²) < 4.78 is 26.2. The first-order valence-electron chi connectivity index (χ1n) is 6.42. The Hall–Kier alpha value is -1.67. The van der Waals surface area contributed by atoms with Crippen molar-refractivity contribution in [1.82, 2.24) is 19.3 Å². The number of rotatable bonds is 5. The van der Waals surface area contributed by atoms with Crippen LogP contribution in [0.3, 0.4) is 0 Å². The molecule has 110 valence electrons. The molecule has 0 aromatic carbocycles. The van der Waals surface area contributed by atoms with E-state index < -0.39 is 10.0 Å². The van der Waals surface area contributed by atoms with Crippen molar-refractivity contribution in [2.45, 2.75) is 44.8 Å². The van der Waals surface area contributed by atoms with Crippen LogP contribution >= 0.6 is 0 Å². The highest BCUT2D eigenvalue weighted by molar-refractivity contribution is 7.89. The molecule has 0 amide bonds. The third-order valence-electron chi connectivity index (χ3n) is 3.28. The summed E-state index contributed by atoms with van der Waals surface area (Å²) in [5, 5.41) is 9.43. The summed E-state index contributed by atoms with van der Waals surface area (Å²) in [7, 11) is -3.77. The van der Waals surface area contributed by atoms with Gasteiger partial charge in [0, 0.05) is 18.4 Å². The number of hydrogen-bond donors (Lipinski definition) is 1. The van der Waals surface area contributed by atoms with E-state index in [2.05, 4.69) is 23.9 Å². The molecule has 2 aromatic heterocycles. The lowest BCUT2D eigenvalue weighted by Crippen LogP contribution is -2.12. The Balaban J connectivity index is 2.22. The molecule has 0 radical (unpaired) electrons. The lowest BCUT2D eigenvalue weighted by molar-refractivity contribution is 0.472. The topological polar surface area (TPSA) is 95.8 Å². The van der Waals surface area contributed by atoms with Gasteiger partial charge in [-0.1, -0.05) is 6.92 Å². The van der Waals surface area contributed by atoms with Gasteiger partial charge in [0.25, 0.3) is 10.0 Å². The van der Waals surface area contributed by atoms with E-state index in [1.165, 1.54) is 6.20 Å². The first-order chi connectivity index (χ1) is 9.31. The summed E-state index contributed by atoms with van der Waals surface area (Å²) in [5.74, 6) is 0.590. The van der Waals surface area contributed by atoms with Crippen LogP contribution in [0.15, 0.2) is 23.5 Å². The summed E-state index contributed by atoms with van der Waals surface area (Å²) >= 11 is 0. The van der Waals surface area contributed by atoms with Gasteiger partial charge >= 0.3 is 0 Å². The fraction of sp³-hybridized carbons (Fsp3) is 0.500. The third kappa shape index (κ3) is 3.07. The Bertz CT molecular complexity index is 701. The molecule has 0 saturated heterocycles. The van der Waals surface area contributed by atoms with E-state index in [4.69, 9.17) is 5.14 Å². The minimum atomic E-state index is -3.77. The molecule has 0 aliphatic heterocycles. The molecule has 0 aliphatic rings. The molecular formula is C12H19N5O2S. The Morgan fingerprint density at radius 1 is 1.45 bits per heavy atom. The Labute approximate surface area is 118 Å². The zero-order chi connectivity index (χ0) is 14.9. The van der Waals surface area contributed by atoms with E-state index in [9.17, 15) is 8.42 Å². The number of imidazole rings is 1. The van der Waals surface area contributed by atoms with Crippen molar-refractivity contribution < 1.29 is 8.42 Å². The minimum Gasteiger partial charge on any atom is -0.328 e. The molecule has 2 N–H and O–H groups in total. The van der Waals surface area contributed by atoms with Crippen molar-refractivity contribution in [2.24, 2.45) is 5.14 Å². The maximum Gasteiger partial charge on any atom is 0.257 e. The van der Waals surface area contributed by atoms with Gasteiger partial charge in [-0.2, -0.15) is 5.10 Å². The highest BCUT2D eigenvalue weighted by Gasteiger charge is 2.15. The first kappa shape index (κ1) is 14.7. The highest BCUT2D eigenvalue weighted by atomic mass is 32.2. The second kappa shape index (κ2) is 5.37. The van der Waals surface area contributed by atoms with E-state index in [-0.39, 0.29) is 5.03 Å². The van der Waals surface area contributed by atoms with Gasteiger partial charge in [-0.3, -0.25) is 4.68 Å². The summed E-state index contributed by atoms with van der Waals surface area (Å²) in [6, 6.07) is 2.26. The summed E-state index contributed by atoms with van der Waals surface area (Å²) in [6.07, 6.45) is 4.37. The molecule has 0 spiro atoms. The van der Waals surface area contributed by atoms with Gasteiger partial charge < -0.3 is 4.57 Å². The van der Waals surface area contributed by atoms with Gasteiger partial charge in [-0.15, -0.1) is 0 Å². The standard InChI is InChI=1S/C12H19N5O2S/c1-4-9(2)17-6-5-11(15-17)7-16-8-12(14-10(16)3)20(13,18)19/h5-6,8-9H,4,7H2,1-3H3,(H2,13,18,19). The van der Waals surface area contributed by atoms with Crippen molar-refractivity contribution in [3.8, 4) is 0 Å². The molecule has 8 heteroatoms. The SMILES string of the molecule is CCC(C)n1ccc(Cn2cc(S(N)(=O)=O)nc2C)n1. The van der Waals surface area contributed by atoms with Crippen LogP contribution in [0.5, 0.6) is 0 Å². The lowest BCUT2D eigenvalue weighted by atomic mass is 10.3. The molecule has 0 aliphatic carbocycles. The largest absolute Gasteiger partial charge is 0.328 e. The Morgan fingerprint density at radius 2 is 2.15 bits per heavy atom. The van der Waals surface area contributed by atoms with Crippen LogP contribution in [0.4, 0.5) is 0 Å². The molecule has 0 bridgehead atoms. The molecule has 2 aromatic rings. The maximum atomic E-state index is 11.3. The van der Waals surface area contributed by atoms with E-state index >= 15 is 0 Å². The molecule has 2 heterocycles. The number of nitrogens with zero attached hydrogens (tertiary/aromatic N) is 4. The van der Waals surface area contributed by atoms with Crippen molar-refractivity contribution >= 4 is 10.0 Å². The fourth-order valence-electron chi connectivity index (χ4n) is 1.85. The smallest absolute Gasteiger partial charge is 0.257 e. The molecule has 0 saturated carbocycles. The molecule has 7 nitrogen and oxygen atoms in total. The predicted octanol–water partition coefficient (Wildman–Crippen LogP) is 1.05. The first-order valence-corrected chi connectivity index (χ1v) is 7.96. The van der Waals surface area contributed by atoms with Crippen LogP contribution in [0.2, 0.25) is 0 Å². The average Bonchev–Trinajstić information content (AvgIpc) is 2.96. The van der Waals surface area contributed by atoms with E-state index in [1.807, 2.05) is 16.9 Å². The van der Waals surface area contributed by atoms with E-state index in [1.54, 1.807) is 11.5 Å². The molecule has 20 heavy (non-hydrogen) atoms. The average molecular weight is 297 g/mol. The molecule has 1 unspecified atom stereocenters. The van der Waals surface area contributed by atoms with Crippen LogP contribution in [-0.4, -0.2) is 27.7 Å². The second-order valence-corrected chi connectivity index (χ2v) is 6.35. The molecular weight excluding hydrogens is 278 g/mol. The third-order valence-corrected chi connectivity index (χ3v) is 4.06. The van der Waals surface area contributed by atoms with E-state index in [0.717, 1.165) is 12.1 Å². The number of hydrogen-bond acceptors (Lipinski definition) is 4. The van der Waals surface area contributed by atoms with Crippen molar-refractivity contribution in [1.29, 1.82) is 0 Å². The normalized spacial score (nSPS) is 13.6. The minimum absolute atomic E-state index is 0.114. The van der Waals surface area contributed by atoms with E-state index in [0.29, 0.717) is 18.4 Å². The van der Waals surface area contributed by atoms with Gasteiger partial charge in [-0.25, -0.2) is 18.5 Å².